The van der Waals surface area contributed by atoms with Gasteiger partial charge in [0.2, 0.25) is 11.6 Å². The van der Waals surface area contributed by atoms with Gasteiger partial charge in [-0.05, 0) is 12.5 Å². The number of halogens is 3. The van der Waals surface area contributed by atoms with Gasteiger partial charge >= 0.3 is 6.18 Å². The number of nitrogens with zero attached hydrogens (tertiary/aromatic N) is 5. The van der Waals surface area contributed by atoms with Crippen LogP contribution in [0.1, 0.15) is 12.8 Å². The predicted molar refractivity (Wildman–Crippen MR) is 86.4 cm³/mol. The molecule has 1 aliphatic rings. The molecule has 2 N–H and O–H groups in total. The number of rotatable bonds is 3. The van der Waals surface area contributed by atoms with E-state index in [2.05, 4.69) is 30.7 Å². The van der Waals surface area contributed by atoms with Crippen molar-refractivity contribution >= 4 is 33.7 Å². The minimum atomic E-state index is -4.51. The van der Waals surface area contributed by atoms with E-state index in [1.54, 1.807) is 12.4 Å². The van der Waals surface area contributed by atoms with E-state index in [1.807, 2.05) is 11.0 Å². The van der Waals surface area contributed by atoms with Crippen LogP contribution >= 0.6 is 0 Å². The van der Waals surface area contributed by atoms with E-state index in [0.717, 1.165) is 16.5 Å². The standard InChI is InChI=1S/C15H14F3N7O/c16-15(17,18)5-11(26)21-8-2-4-25(7-8)10-6-20-22-14-12(10)9-1-3-19-13(9)23-24-14/h1,3,6,8H,2,4-5,7H2,(H,19,23)(H,21,26). The Labute approximate surface area is 144 Å². The largest absolute Gasteiger partial charge is 0.397 e. The number of H-pyrrole nitrogens is 1. The summed E-state index contributed by atoms with van der Waals surface area (Å²) in [4.78, 5) is 16.5. The van der Waals surface area contributed by atoms with Gasteiger partial charge in [0, 0.05) is 30.7 Å². The van der Waals surface area contributed by atoms with Crippen LogP contribution in [0.2, 0.25) is 0 Å². The number of hydrogen-bond acceptors (Lipinski definition) is 6. The lowest BCUT2D eigenvalue weighted by Crippen LogP contribution is -2.39. The molecule has 1 aliphatic heterocycles. The fourth-order valence-corrected chi connectivity index (χ4v) is 3.24. The minimum absolute atomic E-state index is 0.357. The molecule has 11 heteroatoms. The molecule has 136 valence electrons. The molecule has 1 unspecified atom stereocenters. The van der Waals surface area contributed by atoms with E-state index in [4.69, 9.17) is 0 Å². The molecule has 1 amide bonds. The molecule has 0 bridgehead atoms. The van der Waals surface area contributed by atoms with Crippen molar-refractivity contribution in [3.8, 4) is 0 Å². The van der Waals surface area contributed by atoms with Gasteiger partial charge in [-0.2, -0.15) is 18.3 Å². The van der Waals surface area contributed by atoms with Crippen LogP contribution in [0.3, 0.4) is 0 Å². The number of alkyl halides is 3. The lowest BCUT2D eigenvalue weighted by atomic mass is 10.2. The zero-order valence-electron chi connectivity index (χ0n) is 13.4. The maximum atomic E-state index is 12.3. The molecule has 8 nitrogen and oxygen atoms in total. The van der Waals surface area contributed by atoms with Crippen molar-refractivity contribution in [1.82, 2.24) is 30.7 Å². The number of anilines is 1. The van der Waals surface area contributed by atoms with Crippen molar-refractivity contribution in [2.75, 3.05) is 18.0 Å². The Kier molecular flexibility index (Phi) is 3.85. The van der Waals surface area contributed by atoms with Gasteiger partial charge in [0.05, 0.1) is 17.3 Å². The summed E-state index contributed by atoms with van der Waals surface area (Å²) in [6.45, 7) is 0.963. The fraction of sp³-hybridized carbons (Fsp3) is 0.400. The van der Waals surface area contributed by atoms with Gasteiger partial charge in [0.1, 0.15) is 6.42 Å². The molecular weight excluding hydrogens is 351 g/mol. The van der Waals surface area contributed by atoms with Crippen LogP contribution in [-0.2, 0) is 4.79 Å². The molecule has 0 radical (unpaired) electrons. The third kappa shape index (κ3) is 3.11. The Hall–Kier alpha value is -2.98. The Balaban J connectivity index is 1.58. The van der Waals surface area contributed by atoms with Crippen molar-refractivity contribution in [3.63, 3.8) is 0 Å². The van der Waals surface area contributed by atoms with Gasteiger partial charge in [-0.1, -0.05) is 0 Å². The Bertz CT molecular complexity index is 971. The summed E-state index contributed by atoms with van der Waals surface area (Å²) >= 11 is 0. The average Bonchev–Trinajstić information content (AvgIpc) is 3.21. The zero-order chi connectivity index (χ0) is 18.3. The fourth-order valence-electron chi connectivity index (χ4n) is 3.24. The van der Waals surface area contributed by atoms with Crippen LogP contribution in [-0.4, -0.2) is 56.6 Å². The second-order valence-corrected chi connectivity index (χ2v) is 6.16. The molecule has 1 saturated heterocycles. The highest BCUT2D eigenvalue weighted by atomic mass is 19.4. The molecule has 4 rings (SSSR count). The monoisotopic (exact) mass is 365 g/mol. The Morgan fingerprint density at radius 3 is 3.00 bits per heavy atom. The highest BCUT2D eigenvalue weighted by Crippen LogP contribution is 2.31. The number of hydrogen-bond donors (Lipinski definition) is 2. The lowest BCUT2D eigenvalue weighted by molar-refractivity contribution is -0.154. The molecule has 4 heterocycles. The van der Waals surface area contributed by atoms with Crippen molar-refractivity contribution in [2.45, 2.75) is 25.1 Å². The highest BCUT2D eigenvalue weighted by Gasteiger charge is 2.33. The SMILES string of the molecule is O=C(CC(F)(F)F)NC1CCN(c2cnnc3nnc4[nH]ccc4c23)C1. The van der Waals surface area contributed by atoms with Crippen LogP contribution in [0.4, 0.5) is 18.9 Å². The van der Waals surface area contributed by atoms with E-state index in [-0.39, 0.29) is 6.04 Å². The van der Waals surface area contributed by atoms with Crippen molar-refractivity contribution in [3.05, 3.63) is 18.5 Å². The Morgan fingerprint density at radius 1 is 1.35 bits per heavy atom. The van der Waals surface area contributed by atoms with E-state index >= 15 is 0 Å². The minimum Gasteiger partial charge on any atom is -0.367 e. The summed E-state index contributed by atoms with van der Waals surface area (Å²) in [5, 5.41) is 20.1. The lowest BCUT2D eigenvalue weighted by Gasteiger charge is -2.20. The van der Waals surface area contributed by atoms with E-state index < -0.39 is 18.5 Å². The summed E-state index contributed by atoms with van der Waals surface area (Å²) in [7, 11) is 0. The number of fused-ring (bicyclic) bond motifs is 3. The smallest absolute Gasteiger partial charge is 0.367 e. The third-order valence-electron chi connectivity index (χ3n) is 4.31. The molecule has 1 atom stereocenters. The first kappa shape index (κ1) is 16.5. The maximum absolute atomic E-state index is 12.3. The number of carbonyl (C=O) groups excluding carboxylic acids is 1. The van der Waals surface area contributed by atoms with Gasteiger partial charge in [0.25, 0.3) is 0 Å². The molecule has 1 fully saturated rings. The molecule has 0 spiro atoms. The van der Waals surface area contributed by atoms with E-state index in [1.165, 1.54) is 0 Å². The third-order valence-corrected chi connectivity index (χ3v) is 4.31. The molecule has 3 aromatic heterocycles. The number of nitrogens with one attached hydrogen (secondary N) is 2. The molecular formula is C15H14F3N7O. The number of aromatic amines is 1. The van der Waals surface area contributed by atoms with Crippen LogP contribution in [0, 0.1) is 0 Å². The topological polar surface area (TPSA) is 99.7 Å². The van der Waals surface area contributed by atoms with E-state index in [0.29, 0.717) is 30.8 Å². The van der Waals surface area contributed by atoms with E-state index in [9.17, 15) is 18.0 Å². The van der Waals surface area contributed by atoms with Crippen LogP contribution < -0.4 is 10.2 Å². The molecule has 0 aromatic carbocycles. The maximum Gasteiger partial charge on any atom is 0.397 e. The molecule has 0 saturated carbocycles. The van der Waals surface area contributed by atoms with Crippen LogP contribution in [0.25, 0.3) is 22.1 Å². The number of carbonyl (C=O) groups is 1. The predicted octanol–water partition coefficient (Wildman–Crippen LogP) is 1.55. The summed E-state index contributed by atoms with van der Waals surface area (Å²) in [6, 6.07) is 1.50. The van der Waals surface area contributed by atoms with Crippen LogP contribution in [0.15, 0.2) is 18.5 Å². The van der Waals surface area contributed by atoms with Crippen LogP contribution in [0.5, 0.6) is 0 Å². The Morgan fingerprint density at radius 2 is 2.19 bits per heavy atom. The highest BCUT2D eigenvalue weighted by molar-refractivity contribution is 6.08. The molecule has 3 aromatic rings. The molecule has 26 heavy (non-hydrogen) atoms. The average molecular weight is 365 g/mol. The van der Waals surface area contributed by atoms with Crippen molar-refractivity contribution < 1.29 is 18.0 Å². The molecule has 0 aliphatic carbocycles. The van der Waals surface area contributed by atoms with Gasteiger partial charge in [-0.25, -0.2) is 0 Å². The number of amides is 1. The quantitative estimate of drug-likeness (QED) is 0.731. The summed E-state index contributed by atoms with van der Waals surface area (Å²) in [5.41, 5.74) is 1.77. The summed E-state index contributed by atoms with van der Waals surface area (Å²) in [6.07, 6.45) is -2.10. The van der Waals surface area contributed by atoms with Crippen molar-refractivity contribution in [2.24, 2.45) is 0 Å². The first-order valence-corrected chi connectivity index (χ1v) is 7.97. The summed E-state index contributed by atoms with van der Waals surface area (Å²) < 4.78 is 36.9. The first-order chi connectivity index (χ1) is 12.4. The normalized spacial score (nSPS) is 18.0. The van der Waals surface area contributed by atoms with Gasteiger partial charge < -0.3 is 15.2 Å². The van der Waals surface area contributed by atoms with Gasteiger partial charge in [0.15, 0.2) is 5.65 Å². The van der Waals surface area contributed by atoms with Crippen molar-refractivity contribution in [1.29, 1.82) is 0 Å². The van der Waals surface area contributed by atoms with Gasteiger partial charge in [-0.15, -0.1) is 15.3 Å². The first-order valence-electron chi connectivity index (χ1n) is 7.97. The van der Waals surface area contributed by atoms with Gasteiger partial charge in [-0.3, -0.25) is 4.79 Å². The second-order valence-electron chi connectivity index (χ2n) is 6.16. The second kappa shape index (κ2) is 6.07. The zero-order valence-corrected chi connectivity index (χ0v) is 13.4. The number of aromatic nitrogens is 5. The summed E-state index contributed by atoms with van der Waals surface area (Å²) in [5.74, 6) is -1.01.